The maximum absolute atomic E-state index is 9.44. The number of hydrogen-bond donors (Lipinski definition) is 2. The van der Waals surface area contributed by atoms with Crippen molar-refractivity contribution in [3.05, 3.63) is 0 Å². The van der Waals surface area contributed by atoms with Crippen molar-refractivity contribution in [2.45, 2.75) is 44.8 Å². The molecule has 0 bridgehead atoms. The minimum atomic E-state index is -0.0892. The van der Waals surface area contributed by atoms with Crippen LogP contribution in [0.15, 0.2) is 0 Å². The van der Waals surface area contributed by atoms with E-state index in [0.717, 1.165) is 19.4 Å². The lowest BCUT2D eigenvalue weighted by Gasteiger charge is -2.27. The summed E-state index contributed by atoms with van der Waals surface area (Å²) in [6.45, 7) is 3.06. The van der Waals surface area contributed by atoms with Crippen molar-refractivity contribution in [2.24, 2.45) is 0 Å². The SMILES string of the molecule is CCNC1CCCC[C@@H]1O. The molecule has 0 aliphatic heterocycles. The molecule has 1 aliphatic rings. The fraction of sp³-hybridized carbons (Fsp3) is 1.00. The van der Waals surface area contributed by atoms with Gasteiger partial charge in [-0.05, 0) is 19.4 Å². The van der Waals surface area contributed by atoms with Crippen molar-refractivity contribution in [3.63, 3.8) is 0 Å². The molecule has 1 rings (SSSR count). The molecule has 2 atom stereocenters. The minimum absolute atomic E-state index is 0.0892. The van der Waals surface area contributed by atoms with Gasteiger partial charge in [0.15, 0.2) is 0 Å². The molecule has 0 aromatic heterocycles. The highest BCUT2D eigenvalue weighted by Crippen LogP contribution is 2.17. The molecule has 0 saturated heterocycles. The van der Waals surface area contributed by atoms with E-state index in [9.17, 15) is 5.11 Å². The van der Waals surface area contributed by atoms with E-state index in [2.05, 4.69) is 12.2 Å². The molecule has 2 nitrogen and oxygen atoms in total. The number of aliphatic hydroxyl groups is 1. The average molecular weight is 143 g/mol. The van der Waals surface area contributed by atoms with Gasteiger partial charge in [-0.3, -0.25) is 0 Å². The second-order valence-corrected chi connectivity index (χ2v) is 3.02. The Morgan fingerprint density at radius 2 is 2.10 bits per heavy atom. The topological polar surface area (TPSA) is 32.3 Å². The zero-order chi connectivity index (χ0) is 7.40. The normalized spacial score (nSPS) is 34.2. The molecule has 2 heteroatoms. The first-order valence-electron chi connectivity index (χ1n) is 4.26. The van der Waals surface area contributed by atoms with Crippen molar-refractivity contribution in [2.75, 3.05) is 6.54 Å². The molecule has 1 saturated carbocycles. The smallest absolute Gasteiger partial charge is 0.0693 e. The first kappa shape index (κ1) is 8.02. The molecule has 1 fully saturated rings. The summed E-state index contributed by atoms with van der Waals surface area (Å²) >= 11 is 0. The lowest BCUT2D eigenvalue weighted by Crippen LogP contribution is -2.41. The fourth-order valence-electron chi connectivity index (χ4n) is 1.61. The van der Waals surface area contributed by atoms with E-state index < -0.39 is 0 Å². The molecule has 0 aromatic rings. The van der Waals surface area contributed by atoms with Crippen molar-refractivity contribution in [1.29, 1.82) is 0 Å². The standard InChI is InChI=1S/C8H17NO/c1-2-9-7-5-3-4-6-8(7)10/h7-10H,2-6H2,1H3/t7?,8-/m0/s1. The van der Waals surface area contributed by atoms with E-state index in [1.807, 2.05) is 0 Å². The molecule has 0 spiro atoms. The van der Waals surface area contributed by atoms with Crippen LogP contribution in [0.5, 0.6) is 0 Å². The van der Waals surface area contributed by atoms with Gasteiger partial charge in [-0.15, -0.1) is 0 Å². The van der Waals surface area contributed by atoms with Crippen LogP contribution in [-0.4, -0.2) is 23.8 Å². The summed E-state index contributed by atoms with van der Waals surface area (Å²) in [5, 5.41) is 12.7. The van der Waals surface area contributed by atoms with Crippen LogP contribution < -0.4 is 5.32 Å². The Labute approximate surface area is 62.6 Å². The summed E-state index contributed by atoms with van der Waals surface area (Å²) in [6, 6.07) is 0.374. The molecule has 0 amide bonds. The predicted octanol–water partition coefficient (Wildman–Crippen LogP) is 0.899. The van der Waals surface area contributed by atoms with E-state index in [4.69, 9.17) is 0 Å². The first-order valence-corrected chi connectivity index (χ1v) is 4.26. The van der Waals surface area contributed by atoms with Gasteiger partial charge in [0.05, 0.1) is 6.10 Å². The van der Waals surface area contributed by atoms with Crippen LogP contribution in [-0.2, 0) is 0 Å². The van der Waals surface area contributed by atoms with Crippen LogP contribution in [0.4, 0.5) is 0 Å². The molecule has 60 valence electrons. The first-order chi connectivity index (χ1) is 4.84. The lowest BCUT2D eigenvalue weighted by atomic mass is 9.93. The molecule has 0 aromatic carbocycles. The van der Waals surface area contributed by atoms with Gasteiger partial charge in [-0.2, -0.15) is 0 Å². The lowest BCUT2D eigenvalue weighted by molar-refractivity contribution is 0.0920. The molecular formula is C8H17NO. The predicted molar refractivity (Wildman–Crippen MR) is 41.9 cm³/mol. The Bertz CT molecular complexity index is 93.3. The van der Waals surface area contributed by atoms with Gasteiger partial charge in [0.25, 0.3) is 0 Å². The van der Waals surface area contributed by atoms with Crippen LogP contribution in [0.2, 0.25) is 0 Å². The second-order valence-electron chi connectivity index (χ2n) is 3.02. The summed E-state index contributed by atoms with van der Waals surface area (Å²) in [5.74, 6) is 0. The molecule has 0 heterocycles. The third-order valence-corrected chi connectivity index (χ3v) is 2.20. The molecule has 10 heavy (non-hydrogen) atoms. The molecule has 0 radical (unpaired) electrons. The summed E-state index contributed by atoms with van der Waals surface area (Å²) in [4.78, 5) is 0. The third-order valence-electron chi connectivity index (χ3n) is 2.20. The number of rotatable bonds is 2. The highest BCUT2D eigenvalue weighted by Gasteiger charge is 2.21. The average Bonchev–Trinajstić information content (AvgIpc) is 1.94. The van der Waals surface area contributed by atoms with Crippen LogP contribution in [0, 0.1) is 0 Å². The minimum Gasteiger partial charge on any atom is -0.392 e. The zero-order valence-electron chi connectivity index (χ0n) is 6.64. The largest absolute Gasteiger partial charge is 0.392 e. The summed E-state index contributed by atoms with van der Waals surface area (Å²) in [7, 11) is 0. The summed E-state index contributed by atoms with van der Waals surface area (Å²) < 4.78 is 0. The summed E-state index contributed by atoms with van der Waals surface area (Å²) in [5.41, 5.74) is 0. The van der Waals surface area contributed by atoms with Gasteiger partial charge in [-0.1, -0.05) is 19.8 Å². The quantitative estimate of drug-likeness (QED) is 0.602. The van der Waals surface area contributed by atoms with Crippen molar-refractivity contribution in [1.82, 2.24) is 5.32 Å². The van der Waals surface area contributed by atoms with Gasteiger partial charge < -0.3 is 10.4 Å². The number of hydrogen-bond acceptors (Lipinski definition) is 2. The Morgan fingerprint density at radius 3 is 2.70 bits per heavy atom. The van der Waals surface area contributed by atoms with E-state index >= 15 is 0 Å². The van der Waals surface area contributed by atoms with Gasteiger partial charge in [-0.25, -0.2) is 0 Å². The monoisotopic (exact) mass is 143 g/mol. The highest BCUT2D eigenvalue weighted by molar-refractivity contribution is 4.79. The van der Waals surface area contributed by atoms with Gasteiger partial charge in [0, 0.05) is 6.04 Å². The maximum Gasteiger partial charge on any atom is 0.0693 e. The fourth-order valence-corrected chi connectivity index (χ4v) is 1.61. The van der Waals surface area contributed by atoms with Crippen LogP contribution in [0.3, 0.4) is 0 Å². The van der Waals surface area contributed by atoms with Crippen molar-refractivity contribution in [3.8, 4) is 0 Å². The number of likely N-dealkylation sites (N-methyl/N-ethyl adjacent to an activating group) is 1. The summed E-state index contributed by atoms with van der Waals surface area (Å²) in [6.07, 6.45) is 4.51. The van der Waals surface area contributed by atoms with Crippen LogP contribution in [0.1, 0.15) is 32.6 Å². The van der Waals surface area contributed by atoms with Gasteiger partial charge in [0.1, 0.15) is 0 Å². The van der Waals surface area contributed by atoms with Gasteiger partial charge >= 0.3 is 0 Å². The maximum atomic E-state index is 9.44. The molecule has 2 N–H and O–H groups in total. The van der Waals surface area contributed by atoms with E-state index in [1.54, 1.807) is 0 Å². The number of aliphatic hydroxyl groups excluding tert-OH is 1. The van der Waals surface area contributed by atoms with E-state index in [0.29, 0.717) is 6.04 Å². The highest BCUT2D eigenvalue weighted by atomic mass is 16.3. The Hall–Kier alpha value is -0.0800. The van der Waals surface area contributed by atoms with Crippen molar-refractivity contribution < 1.29 is 5.11 Å². The Kier molecular flexibility index (Phi) is 3.16. The Balaban J connectivity index is 2.25. The van der Waals surface area contributed by atoms with Crippen LogP contribution >= 0.6 is 0 Å². The van der Waals surface area contributed by atoms with Crippen molar-refractivity contribution >= 4 is 0 Å². The third kappa shape index (κ3) is 1.96. The zero-order valence-corrected chi connectivity index (χ0v) is 6.64. The molecular weight excluding hydrogens is 126 g/mol. The van der Waals surface area contributed by atoms with Gasteiger partial charge in [0.2, 0.25) is 0 Å². The van der Waals surface area contributed by atoms with Crippen LogP contribution in [0.25, 0.3) is 0 Å². The number of nitrogens with one attached hydrogen (secondary N) is 1. The molecule has 1 unspecified atom stereocenters. The van der Waals surface area contributed by atoms with E-state index in [-0.39, 0.29) is 6.10 Å². The molecule has 1 aliphatic carbocycles. The van der Waals surface area contributed by atoms with E-state index in [1.165, 1.54) is 12.8 Å². The second kappa shape index (κ2) is 3.94. The Morgan fingerprint density at radius 1 is 1.40 bits per heavy atom.